The molecule has 3 N–H and O–H groups in total. The second-order valence-electron chi connectivity index (χ2n) is 6.86. The summed E-state index contributed by atoms with van der Waals surface area (Å²) in [4.78, 5) is 22.5. The van der Waals surface area contributed by atoms with Crippen LogP contribution in [0.1, 0.15) is 71.1 Å². The van der Waals surface area contributed by atoms with Gasteiger partial charge >= 0.3 is 5.97 Å². The standard InChI is InChI=1S/C19H32O5/c1-2-3-8-14(20)11-12-16-15(17(21)13-18(16)22)9-6-4-5-7-10-19(23)24/h11-12,14-16,18,20,22H,2-10,13H2,1H3,(H,23,24). The van der Waals surface area contributed by atoms with Crippen molar-refractivity contribution in [3.63, 3.8) is 0 Å². The fourth-order valence-electron chi connectivity index (χ4n) is 3.35. The zero-order chi connectivity index (χ0) is 17.9. The van der Waals surface area contributed by atoms with E-state index in [0.717, 1.165) is 38.5 Å². The molecule has 1 aliphatic carbocycles. The lowest BCUT2D eigenvalue weighted by Gasteiger charge is -2.18. The molecule has 0 spiro atoms. The van der Waals surface area contributed by atoms with Gasteiger partial charge in [0.1, 0.15) is 5.78 Å². The molecule has 0 amide bonds. The first-order chi connectivity index (χ1) is 11.5. The number of rotatable bonds is 12. The molecule has 0 heterocycles. The Morgan fingerprint density at radius 3 is 2.62 bits per heavy atom. The number of aliphatic hydroxyl groups excluding tert-OH is 2. The van der Waals surface area contributed by atoms with Crippen LogP contribution >= 0.6 is 0 Å². The highest BCUT2D eigenvalue weighted by molar-refractivity contribution is 5.84. The molecule has 1 rings (SSSR count). The molecule has 24 heavy (non-hydrogen) atoms. The monoisotopic (exact) mass is 340 g/mol. The number of hydrogen-bond acceptors (Lipinski definition) is 4. The first-order valence-electron chi connectivity index (χ1n) is 9.24. The van der Waals surface area contributed by atoms with E-state index in [0.29, 0.717) is 12.8 Å². The summed E-state index contributed by atoms with van der Waals surface area (Å²) in [5.41, 5.74) is 0. The third-order valence-electron chi connectivity index (χ3n) is 4.80. The van der Waals surface area contributed by atoms with E-state index in [1.807, 2.05) is 6.08 Å². The summed E-state index contributed by atoms with van der Waals surface area (Å²) < 4.78 is 0. The highest BCUT2D eigenvalue weighted by atomic mass is 16.4. The Morgan fingerprint density at radius 2 is 1.96 bits per heavy atom. The quantitative estimate of drug-likeness (QED) is 0.375. The molecule has 4 atom stereocenters. The predicted octanol–water partition coefficient (Wildman–Crippen LogP) is 3.09. The molecule has 1 fully saturated rings. The second-order valence-corrected chi connectivity index (χ2v) is 6.86. The van der Waals surface area contributed by atoms with Gasteiger partial charge in [0.05, 0.1) is 12.2 Å². The van der Waals surface area contributed by atoms with Crippen molar-refractivity contribution < 1.29 is 24.9 Å². The fourth-order valence-corrected chi connectivity index (χ4v) is 3.35. The summed E-state index contributed by atoms with van der Waals surface area (Å²) in [7, 11) is 0. The van der Waals surface area contributed by atoms with Gasteiger partial charge in [-0.1, -0.05) is 51.2 Å². The molecule has 5 heteroatoms. The number of hydrogen-bond donors (Lipinski definition) is 3. The van der Waals surface area contributed by atoms with E-state index in [9.17, 15) is 19.8 Å². The van der Waals surface area contributed by atoms with Gasteiger partial charge in [0.25, 0.3) is 0 Å². The molecule has 138 valence electrons. The van der Waals surface area contributed by atoms with Crippen LogP contribution in [0.3, 0.4) is 0 Å². The van der Waals surface area contributed by atoms with Crippen molar-refractivity contribution in [3.05, 3.63) is 12.2 Å². The van der Waals surface area contributed by atoms with Crippen LogP contribution in [0.2, 0.25) is 0 Å². The Kier molecular flexibility index (Phi) is 9.88. The maximum Gasteiger partial charge on any atom is 0.303 e. The van der Waals surface area contributed by atoms with E-state index < -0.39 is 18.2 Å². The van der Waals surface area contributed by atoms with Gasteiger partial charge < -0.3 is 15.3 Å². The zero-order valence-electron chi connectivity index (χ0n) is 14.7. The molecule has 0 saturated heterocycles. The zero-order valence-corrected chi connectivity index (χ0v) is 14.7. The molecular weight excluding hydrogens is 308 g/mol. The van der Waals surface area contributed by atoms with E-state index in [1.165, 1.54) is 0 Å². The van der Waals surface area contributed by atoms with Crippen molar-refractivity contribution >= 4 is 11.8 Å². The van der Waals surface area contributed by atoms with Gasteiger partial charge in [-0.05, 0) is 19.3 Å². The largest absolute Gasteiger partial charge is 0.481 e. The summed E-state index contributed by atoms with van der Waals surface area (Å²) in [6.45, 7) is 2.07. The summed E-state index contributed by atoms with van der Waals surface area (Å²) in [5, 5.41) is 28.6. The maximum absolute atomic E-state index is 12.1. The van der Waals surface area contributed by atoms with Gasteiger partial charge in [-0.2, -0.15) is 0 Å². The number of aliphatic carboxylic acids is 1. The smallest absolute Gasteiger partial charge is 0.303 e. The fraction of sp³-hybridized carbons (Fsp3) is 0.789. The summed E-state index contributed by atoms with van der Waals surface area (Å²) in [6, 6.07) is 0. The number of unbranched alkanes of at least 4 members (excludes halogenated alkanes) is 4. The Balaban J connectivity index is 2.40. The number of carbonyl (C=O) groups is 2. The number of carboxylic acids is 1. The normalized spacial score (nSPS) is 25.5. The molecule has 0 aliphatic heterocycles. The Hall–Kier alpha value is -1.20. The van der Waals surface area contributed by atoms with Crippen molar-refractivity contribution in [1.29, 1.82) is 0 Å². The van der Waals surface area contributed by atoms with Gasteiger partial charge in [-0.25, -0.2) is 0 Å². The first-order valence-corrected chi connectivity index (χ1v) is 9.24. The highest BCUT2D eigenvalue weighted by Gasteiger charge is 2.39. The van der Waals surface area contributed by atoms with Crippen LogP contribution < -0.4 is 0 Å². The van der Waals surface area contributed by atoms with E-state index in [1.54, 1.807) is 6.08 Å². The van der Waals surface area contributed by atoms with Crippen molar-refractivity contribution in [3.8, 4) is 0 Å². The number of ketones is 1. The van der Waals surface area contributed by atoms with Gasteiger partial charge in [0.2, 0.25) is 0 Å². The molecule has 1 saturated carbocycles. The molecule has 4 unspecified atom stereocenters. The van der Waals surface area contributed by atoms with Crippen molar-refractivity contribution in [2.24, 2.45) is 11.8 Å². The maximum atomic E-state index is 12.1. The molecule has 0 aromatic rings. The molecule has 0 radical (unpaired) electrons. The van der Waals surface area contributed by atoms with Gasteiger partial charge in [0, 0.05) is 24.7 Å². The SMILES string of the molecule is CCCCC(O)C=CC1C(O)CC(=O)C1CCCCCCC(=O)O. The van der Waals surface area contributed by atoms with Crippen LogP contribution in [0, 0.1) is 11.8 Å². The van der Waals surface area contributed by atoms with Crippen LogP contribution in [-0.4, -0.2) is 39.3 Å². The minimum absolute atomic E-state index is 0.103. The lowest BCUT2D eigenvalue weighted by Crippen LogP contribution is -2.19. The van der Waals surface area contributed by atoms with Gasteiger partial charge in [-0.15, -0.1) is 0 Å². The third-order valence-corrected chi connectivity index (χ3v) is 4.80. The minimum Gasteiger partial charge on any atom is -0.481 e. The summed E-state index contributed by atoms with van der Waals surface area (Å²) in [6.07, 6.45) is 9.50. The second kappa shape index (κ2) is 11.4. The third kappa shape index (κ3) is 7.58. The average molecular weight is 340 g/mol. The molecule has 0 bridgehead atoms. The molecule has 1 aliphatic rings. The molecule has 0 aromatic carbocycles. The number of carboxylic acid groups (broad SMARTS) is 1. The summed E-state index contributed by atoms with van der Waals surface area (Å²) >= 11 is 0. The predicted molar refractivity (Wildman–Crippen MR) is 92.6 cm³/mol. The van der Waals surface area contributed by atoms with Crippen LogP contribution in [0.15, 0.2) is 12.2 Å². The van der Waals surface area contributed by atoms with E-state index >= 15 is 0 Å². The van der Waals surface area contributed by atoms with E-state index in [2.05, 4.69) is 6.92 Å². The van der Waals surface area contributed by atoms with Crippen LogP contribution in [0.25, 0.3) is 0 Å². The van der Waals surface area contributed by atoms with E-state index in [4.69, 9.17) is 5.11 Å². The van der Waals surface area contributed by atoms with Crippen LogP contribution in [0.4, 0.5) is 0 Å². The molecule has 5 nitrogen and oxygen atoms in total. The van der Waals surface area contributed by atoms with Crippen molar-refractivity contribution in [2.75, 3.05) is 0 Å². The highest BCUT2D eigenvalue weighted by Crippen LogP contribution is 2.34. The minimum atomic E-state index is -0.768. The number of Topliss-reactive ketones (excluding diaryl/α,β-unsaturated/α-hetero) is 1. The number of aliphatic hydroxyl groups is 2. The van der Waals surface area contributed by atoms with Gasteiger partial charge in [-0.3, -0.25) is 9.59 Å². The van der Waals surface area contributed by atoms with Crippen LogP contribution in [0.5, 0.6) is 0 Å². The lowest BCUT2D eigenvalue weighted by atomic mass is 9.88. The van der Waals surface area contributed by atoms with Crippen molar-refractivity contribution in [2.45, 2.75) is 83.3 Å². The molecule has 0 aromatic heterocycles. The topological polar surface area (TPSA) is 94.8 Å². The molecular formula is C19H32O5. The summed E-state index contributed by atoms with van der Waals surface area (Å²) in [5.74, 6) is -1.04. The van der Waals surface area contributed by atoms with Gasteiger partial charge in [0.15, 0.2) is 0 Å². The Morgan fingerprint density at radius 1 is 1.25 bits per heavy atom. The lowest BCUT2D eigenvalue weighted by molar-refractivity contribution is -0.137. The van der Waals surface area contributed by atoms with Crippen molar-refractivity contribution in [1.82, 2.24) is 0 Å². The Bertz CT molecular complexity index is 418. The average Bonchev–Trinajstić information content (AvgIpc) is 2.79. The van der Waals surface area contributed by atoms with E-state index in [-0.39, 0.29) is 30.5 Å². The van der Waals surface area contributed by atoms with Crippen LogP contribution in [-0.2, 0) is 9.59 Å². The Labute approximate surface area is 144 Å². The first kappa shape index (κ1) is 20.8. The number of carbonyl (C=O) groups excluding carboxylic acids is 1.